The van der Waals surface area contributed by atoms with Crippen LogP contribution in [0.15, 0.2) is 48.5 Å². The second-order valence-electron chi connectivity index (χ2n) is 6.03. The van der Waals surface area contributed by atoms with Gasteiger partial charge in [0.2, 0.25) is 5.91 Å². The maximum atomic E-state index is 12.0. The Kier molecular flexibility index (Phi) is 7.01. The van der Waals surface area contributed by atoms with Crippen LogP contribution in [0.4, 0.5) is 0 Å². The topological polar surface area (TPSA) is 75.6 Å². The van der Waals surface area contributed by atoms with E-state index in [2.05, 4.69) is 5.32 Å². The molecule has 0 saturated heterocycles. The number of hydrogen-bond donors (Lipinski definition) is 2. The van der Waals surface area contributed by atoms with Gasteiger partial charge in [-0.25, -0.2) is 0 Å². The molecule has 2 rings (SSSR count). The van der Waals surface area contributed by atoms with Crippen LogP contribution in [0.1, 0.15) is 30.9 Å². The molecule has 0 heterocycles. The highest BCUT2D eigenvalue weighted by Gasteiger charge is 2.08. The van der Waals surface area contributed by atoms with Crippen LogP contribution < -0.4 is 10.1 Å². The van der Waals surface area contributed by atoms with Gasteiger partial charge in [-0.1, -0.05) is 24.3 Å². The zero-order chi connectivity index (χ0) is 18.1. The molecule has 2 aromatic carbocycles. The Labute approximate surface area is 147 Å². The summed E-state index contributed by atoms with van der Waals surface area (Å²) in [5.41, 5.74) is 2.15. The second-order valence-corrected chi connectivity index (χ2v) is 6.03. The van der Waals surface area contributed by atoms with E-state index in [1.54, 1.807) is 24.3 Å². The molecule has 132 valence electrons. The van der Waals surface area contributed by atoms with Gasteiger partial charge in [-0.2, -0.15) is 0 Å². The molecule has 0 aliphatic carbocycles. The lowest BCUT2D eigenvalue weighted by molar-refractivity contribution is -0.122. The molecule has 25 heavy (non-hydrogen) atoms. The number of hydrogen-bond acceptors (Lipinski definition) is 4. The van der Waals surface area contributed by atoms with Gasteiger partial charge in [-0.15, -0.1) is 0 Å². The highest BCUT2D eigenvalue weighted by molar-refractivity contribution is 5.76. The fraction of sp³-hybridized carbons (Fsp3) is 0.300. The van der Waals surface area contributed by atoms with Crippen LogP contribution in [0.5, 0.6) is 11.5 Å². The average molecular weight is 341 g/mol. The molecular formula is C20H23NO4. The summed E-state index contributed by atoms with van der Waals surface area (Å²) in [6.07, 6.45) is 2.74. The largest absolute Gasteiger partial charge is 0.508 e. The van der Waals surface area contributed by atoms with Crippen molar-refractivity contribution in [2.45, 2.75) is 38.6 Å². The zero-order valence-corrected chi connectivity index (χ0v) is 14.3. The zero-order valence-electron chi connectivity index (χ0n) is 14.3. The minimum absolute atomic E-state index is 0.0234. The van der Waals surface area contributed by atoms with Crippen molar-refractivity contribution in [3.05, 3.63) is 59.7 Å². The monoisotopic (exact) mass is 341 g/mol. The lowest BCUT2D eigenvalue weighted by atomic mass is 10.1. The van der Waals surface area contributed by atoms with Crippen molar-refractivity contribution in [2.24, 2.45) is 0 Å². The Morgan fingerprint density at radius 1 is 1.08 bits per heavy atom. The predicted octanol–water partition coefficient (Wildman–Crippen LogP) is 3.00. The molecule has 0 bridgehead atoms. The third-order valence-corrected chi connectivity index (χ3v) is 3.96. The first-order valence-corrected chi connectivity index (χ1v) is 8.33. The van der Waals surface area contributed by atoms with Crippen LogP contribution >= 0.6 is 0 Å². The Hall–Kier alpha value is -2.82. The molecule has 0 radical (unpaired) electrons. The van der Waals surface area contributed by atoms with Gasteiger partial charge >= 0.3 is 0 Å². The molecule has 1 unspecified atom stereocenters. The van der Waals surface area contributed by atoms with Crippen molar-refractivity contribution in [3.8, 4) is 11.5 Å². The highest BCUT2D eigenvalue weighted by Crippen LogP contribution is 2.14. The first-order chi connectivity index (χ1) is 12.1. The average Bonchev–Trinajstić information content (AvgIpc) is 2.61. The van der Waals surface area contributed by atoms with Crippen LogP contribution in [0, 0.1) is 0 Å². The van der Waals surface area contributed by atoms with Crippen LogP contribution in [0.3, 0.4) is 0 Å². The number of nitrogens with one attached hydrogen (secondary N) is 1. The minimum atomic E-state index is 0.0234. The van der Waals surface area contributed by atoms with E-state index in [-0.39, 0.29) is 17.7 Å². The molecular weight excluding hydrogens is 318 g/mol. The van der Waals surface area contributed by atoms with E-state index < -0.39 is 0 Å². The number of ether oxygens (including phenoxy) is 1. The molecule has 0 fully saturated rings. The van der Waals surface area contributed by atoms with Crippen molar-refractivity contribution in [1.82, 2.24) is 5.32 Å². The van der Waals surface area contributed by atoms with Crippen molar-refractivity contribution in [1.29, 1.82) is 0 Å². The summed E-state index contributed by atoms with van der Waals surface area (Å²) < 4.78 is 4.76. The van der Waals surface area contributed by atoms with E-state index in [1.807, 2.05) is 31.2 Å². The quantitative estimate of drug-likeness (QED) is 0.688. The van der Waals surface area contributed by atoms with E-state index in [1.165, 1.54) is 0 Å². The Morgan fingerprint density at radius 3 is 2.32 bits per heavy atom. The Balaban J connectivity index is 1.69. The predicted molar refractivity (Wildman–Crippen MR) is 95.5 cm³/mol. The van der Waals surface area contributed by atoms with Crippen LogP contribution in [-0.4, -0.2) is 23.5 Å². The standard InChI is InChI=1S/C20H23NO4/c1-15(2-3-16-6-11-19(12-7-16)25-14-22)21-20(24)13-8-17-4-9-18(23)10-5-17/h4-7,9-12,14-15,23H,2-3,8,13H2,1H3,(H,21,24). The van der Waals surface area contributed by atoms with Crippen molar-refractivity contribution in [3.63, 3.8) is 0 Å². The van der Waals surface area contributed by atoms with E-state index in [0.717, 1.165) is 24.0 Å². The van der Waals surface area contributed by atoms with Crippen LogP contribution in [0.2, 0.25) is 0 Å². The number of benzene rings is 2. The number of aryl methyl sites for hydroxylation is 2. The molecule has 0 aliphatic heterocycles. The van der Waals surface area contributed by atoms with Crippen molar-refractivity contribution < 1.29 is 19.4 Å². The molecule has 2 aromatic rings. The third-order valence-electron chi connectivity index (χ3n) is 3.96. The molecule has 1 amide bonds. The number of phenolic OH excluding ortho intramolecular Hbond substituents is 1. The van der Waals surface area contributed by atoms with Gasteiger partial charge in [0.25, 0.3) is 6.47 Å². The summed E-state index contributed by atoms with van der Waals surface area (Å²) in [6, 6.07) is 14.3. The molecule has 5 nitrogen and oxygen atoms in total. The second kappa shape index (κ2) is 9.47. The molecule has 0 spiro atoms. The molecule has 0 aliphatic rings. The normalized spacial score (nSPS) is 11.6. The highest BCUT2D eigenvalue weighted by atomic mass is 16.5. The molecule has 5 heteroatoms. The fourth-order valence-electron chi connectivity index (χ4n) is 2.51. The van der Waals surface area contributed by atoms with Crippen LogP contribution in [0.25, 0.3) is 0 Å². The lowest BCUT2D eigenvalue weighted by Gasteiger charge is -2.14. The minimum Gasteiger partial charge on any atom is -0.508 e. The van der Waals surface area contributed by atoms with Crippen molar-refractivity contribution >= 4 is 12.4 Å². The fourth-order valence-corrected chi connectivity index (χ4v) is 2.51. The Morgan fingerprint density at radius 2 is 1.68 bits per heavy atom. The van der Waals surface area contributed by atoms with E-state index in [9.17, 15) is 14.7 Å². The maximum Gasteiger partial charge on any atom is 0.298 e. The van der Waals surface area contributed by atoms with Gasteiger partial charge in [-0.3, -0.25) is 9.59 Å². The third kappa shape index (κ3) is 6.67. The van der Waals surface area contributed by atoms with Gasteiger partial charge in [0.15, 0.2) is 0 Å². The molecule has 1 atom stereocenters. The van der Waals surface area contributed by atoms with Gasteiger partial charge in [0.05, 0.1) is 0 Å². The first-order valence-electron chi connectivity index (χ1n) is 8.33. The van der Waals surface area contributed by atoms with E-state index >= 15 is 0 Å². The summed E-state index contributed by atoms with van der Waals surface area (Å²) in [5.74, 6) is 0.775. The summed E-state index contributed by atoms with van der Waals surface area (Å²) in [4.78, 5) is 22.3. The van der Waals surface area contributed by atoms with Gasteiger partial charge in [-0.05, 0) is 61.6 Å². The van der Waals surface area contributed by atoms with E-state index in [4.69, 9.17) is 4.74 Å². The number of aromatic hydroxyl groups is 1. The maximum absolute atomic E-state index is 12.0. The Bertz CT molecular complexity index is 680. The molecule has 0 aromatic heterocycles. The number of rotatable bonds is 9. The number of carbonyl (C=O) groups is 2. The SMILES string of the molecule is CC(CCc1ccc(OC=O)cc1)NC(=O)CCc1ccc(O)cc1. The summed E-state index contributed by atoms with van der Waals surface area (Å²) in [5, 5.41) is 12.3. The molecule has 0 saturated carbocycles. The smallest absolute Gasteiger partial charge is 0.298 e. The number of amides is 1. The van der Waals surface area contributed by atoms with E-state index in [0.29, 0.717) is 25.1 Å². The van der Waals surface area contributed by atoms with Gasteiger partial charge < -0.3 is 15.2 Å². The van der Waals surface area contributed by atoms with Crippen molar-refractivity contribution in [2.75, 3.05) is 0 Å². The lowest BCUT2D eigenvalue weighted by Crippen LogP contribution is -2.33. The first kappa shape index (κ1) is 18.5. The van der Waals surface area contributed by atoms with Crippen LogP contribution in [-0.2, 0) is 22.4 Å². The van der Waals surface area contributed by atoms with Gasteiger partial charge in [0.1, 0.15) is 11.5 Å². The number of phenols is 1. The summed E-state index contributed by atoms with van der Waals surface area (Å²) in [6.45, 7) is 2.40. The number of carbonyl (C=O) groups excluding carboxylic acids is 2. The summed E-state index contributed by atoms with van der Waals surface area (Å²) in [7, 11) is 0. The summed E-state index contributed by atoms with van der Waals surface area (Å²) >= 11 is 0. The van der Waals surface area contributed by atoms with Gasteiger partial charge in [0, 0.05) is 12.5 Å². The molecule has 2 N–H and O–H groups in total.